The molecule has 2 aromatic rings. The summed E-state index contributed by atoms with van der Waals surface area (Å²) in [6.07, 6.45) is 0. The highest BCUT2D eigenvalue weighted by atomic mass is 32.2. The Morgan fingerprint density at radius 1 is 1.10 bits per heavy atom. The van der Waals surface area contributed by atoms with E-state index in [0.29, 0.717) is 16.9 Å². The highest BCUT2D eigenvalue weighted by Gasteiger charge is 2.27. The lowest BCUT2D eigenvalue weighted by atomic mass is 10.2. The number of anilines is 2. The minimum absolute atomic E-state index is 0.0507. The average Bonchev–Trinajstić information content (AvgIpc) is 2.46. The summed E-state index contributed by atoms with van der Waals surface area (Å²) in [6, 6.07) is 13.4. The first-order chi connectivity index (χ1) is 9.98. The Morgan fingerprint density at radius 2 is 1.71 bits per heavy atom. The van der Waals surface area contributed by atoms with Crippen molar-refractivity contribution in [3.05, 3.63) is 54.1 Å². The van der Waals surface area contributed by atoms with E-state index in [-0.39, 0.29) is 18.0 Å². The van der Waals surface area contributed by atoms with Gasteiger partial charge in [-0.15, -0.1) is 0 Å². The molecule has 2 rings (SSSR count). The highest BCUT2D eigenvalue weighted by Crippen LogP contribution is 2.29. The topological polar surface area (TPSA) is 83.6 Å². The number of nitrogens with zero attached hydrogens (tertiary/aromatic N) is 1. The van der Waals surface area contributed by atoms with Gasteiger partial charge in [-0.25, -0.2) is 8.42 Å². The molecule has 0 aliphatic carbocycles. The molecule has 0 aliphatic rings. The second-order valence-electron chi connectivity index (χ2n) is 4.63. The number of para-hydroxylation sites is 2. The van der Waals surface area contributed by atoms with Crippen molar-refractivity contribution in [3.63, 3.8) is 0 Å². The highest BCUT2D eigenvalue weighted by molar-refractivity contribution is 7.92. The number of nitrogen functional groups attached to an aromatic ring is 1. The van der Waals surface area contributed by atoms with Crippen molar-refractivity contribution in [1.29, 1.82) is 0 Å². The molecule has 0 spiro atoms. The van der Waals surface area contributed by atoms with Gasteiger partial charge < -0.3 is 10.8 Å². The third-order valence-electron chi connectivity index (χ3n) is 3.17. The first kappa shape index (κ1) is 15.3. The second-order valence-corrected chi connectivity index (χ2v) is 6.46. The van der Waals surface area contributed by atoms with Gasteiger partial charge in [0.25, 0.3) is 10.0 Å². The van der Waals surface area contributed by atoms with Crippen LogP contribution in [0.15, 0.2) is 53.4 Å². The van der Waals surface area contributed by atoms with Crippen molar-refractivity contribution in [2.75, 3.05) is 23.2 Å². The molecule has 0 fully saturated rings. The molecule has 6 heteroatoms. The van der Waals surface area contributed by atoms with Gasteiger partial charge in [0, 0.05) is 0 Å². The lowest BCUT2D eigenvalue weighted by Gasteiger charge is -2.25. The van der Waals surface area contributed by atoms with E-state index in [1.165, 1.54) is 0 Å². The quantitative estimate of drug-likeness (QED) is 0.825. The Balaban J connectivity index is 2.58. The Morgan fingerprint density at radius 3 is 2.33 bits per heavy atom. The number of hydrogen-bond acceptors (Lipinski definition) is 4. The lowest BCUT2D eigenvalue weighted by Crippen LogP contribution is -2.34. The van der Waals surface area contributed by atoms with Crippen LogP contribution in [0.25, 0.3) is 0 Å². The van der Waals surface area contributed by atoms with Gasteiger partial charge in [0.2, 0.25) is 0 Å². The zero-order chi connectivity index (χ0) is 15.5. The molecule has 112 valence electrons. The van der Waals surface area contributed by atoms with Gasteiger partial charge in [0.05, 0.1) is 29.4 Å². The monoisotopic (exact) mass is 306 g/mol. The van der Waals surface area contributed by atoms with E-state index >= 15 is 0 Å². The molecule has 0 radical (unpaired) electrons. The van der Waals surface area contributed by atoms with Crippen LogP contribution in [0.1, 0.15) is 5.56 Å². The molecule has 0 unspecified atom stereocenters. The van der Waals surface area contributed by atoms with Crippen LogP contribution in [0.5, 0.6) is 0 Å². The number of hydrogen-bond donors (Lipinski definition) is 2. The Kier molecular flexibility index (Phi) is 4.50. The molecule has 0 amide bonds. The Hall–Kier alpha value is -2.05. The van der Waals surface area contributed by atoms with E-state index in [0.717, 1.165) is 4.31 Å². The minimum atomic E-state index is -3.78. The summed E-state index contributed by atoms with van der Waals surface area (Å²) in [5.41, 5.74) is 7.25. The molecule has 0 atom stereocenters. The van der Waals surface area contributed by atoms with E-state index in [1.807, 2.05) is 0 Å². The van der Waals surface area contributed by atoms with Crippen molar-refractivity contribution in [2.24, 2.45) is 0 Å². The second kappa shape index (κ2) is 6.15. The maximum absolute atomic E-state index is 12.9. The molecule has 21 heavy (non-hydrogen) atoms. The summed E-state index contributed by atoms with van der Waals surface area (Å²) in [5.74, 6) is 0. The van der Waals surface area contributed by atoms with Crippen molar-refractivity contribution >= 4 is 21.4 Å². The molecule has 0 heterocycles. The molecule has 0 saturated heterocycles. The predicted octanol–water partition coefficient (Wildman–Crippen LogP) is 1.76. The van der Waals surface area contributed by atoms with Crippen LogP contribution in [-0.4, -0.2) is 26.7 Å². The summed E-state index contributed by atoms with van der Waals surface area (Å²) in [4.78, 5) is 0.210. The number of sulfonamides is 1. The number of rotatable bonds is 5. The summed E-state index contributed by atoms with van der Waals surface area (Å²) < 4.78 is 26.9. The van der Waals surface area contributed by atoms with Crippen LogP contribution in [-0.2, 0) is 10.0 Å². The fourth-order valence-corrected chi connectivity index (χ4v) is 3.85. The van der Waals surface area contributed by atoms with E-state index in [1.54, 1.807) is 55.5 Å². The van der Waals surface area contributed by atoms with Gasteiger partial charge in [-0.3, -0.25) is 4.31 Å². The van der Waals surface area contributed by atoms with E-state index in [9.17, 15) is 13.5 Å². The molecule has 0 aromatic heterocycles. The van der Waals surface area contributed by atoms with Crippen molar-refractivity contribution < 1.29 is 13.5 Å². The number of benzene rings is 2. The fraction of sp³-hybridized carbons (Fsp3) is 0.200. The van der Waals surface area contributed by atoms with Crippen LogP contribution in [0, 0.1) is 6.92 Å². The minimum Gasteiger partial charge on any atom is -0.397 e. The van der Waals surface area contributed by atoms with Gasteiger partial charge in [-0.05, 0) is 30.7 Å². The van der Waals surface area contributed by atoms with Gasteiger partial charge in [0.15, 0.2) is 0 Å². The van der Waals surface area contributed by atoms with Gasteiger partial charge in [-0.1, -0.05) is 30.3 Å². The first-order valence-corrected chi connectivity index (χ1v) is 7.96. The fourth-order valence-electron chi connectivity index (χ4n) is 2.14. The Labute approximate surface area is 124 Å². The number of nitrogens with two attached hydrogens (primary N) is 1. The number of aliphatic hydroxyl groups is 1. The maximum Gasteiger partial charge on any atom is 0.264 e. The molecular formula is C15H18N2O3S. The smallest absolute Gasteiger partial charge is 0.264 e. The molecule has 2 aromatic carbocycles. The molecule has 0 saturated carbocycles. The van der Waals surface area contributed by atoms with Crippen LogP contribution in [0.4, 0.5) is 11.4 Å². The third-order valence-corrected chi connectivity index (χ3v) is 5.14. The van der Waals surface area contributed by atoms with Crippen molar-refractivity contribution in [1.82, 2.24) is 0 Å². The zero-order valence-corrected chi connectivity index (χ0v) is 12.5. The largest absolute Gasteiger partial charge is 0.397 e. The average molecular weight is 306 g/mol. The molecule has 0 aliphatic heterocycles. The molecule has 3 N–H and O–H groups in total. The molecular weight excluding hydrogens is 288 g/mol. The van der Waals surface area contributed by atoms with Crippen LogP contribution < -0.4 is 10.0 Å². The van der Waals surface area contributed by atoms with E-state index in [4.69, 9.17) is 5.73 Å². The van der Waals surface area contributed by atoms with Crippen molar-refractivity contribution in [3.8, 4) is 0 Å². The number of aryl methyl sites for hydroxylation is 1. The van der Waals surface area contributed by atoms with Crippen molar-refractivity contribution in [2.45, 2.75) is 11.8 Å². The van der Waals surface area contributed by atoms with E-state index in [2.05, 4.69) is 0 Å². The SMILES string of the molecule is Cc1ccccc1S(=O)(=O)N(CCO)c1ccccc1N. The predicted molar refractivity (Wildman–Crippen MR) is 83.7 cm³/mol. The van der Waals surface area contributed by atoms with Crippen LogP contribution >= 0.6 is 0 Å². The first-order valence-electron chi connectivity index (χ1n) is 6.52. The van der Waals surface area contributed by atoms with Gasteiger partial charge >= 0.3 is 0 Å². The normalized spacial score (nSPS) is 11.3. The lowest BCUT2D eigenvalue weighted by molar-refractivity contribution is 0.306. The van der Waals surface area contributed by atoms with Gasteiger partial charge in [-0.2, -0.15) is 0 Å². The zero-order valence-electron chi connectivity index (χ0n) is 11.7. The molecule has 0 bridgehead atoms. The number of aliphatic hydroxyl groups excluding tert-OH is 1. The van der Waals surface area contributed by atoms with E-state index < -0.39 is 10.0 Å². The van der Waals surface area contributed by atoms with Crippen LogP contribution in [0.2, 0.25) is 0 Å². The summed E-state index contributed by atoms with van der Waals surface area (Å²) >= 11 is 0. The molecule has 5 nitrogen and oxygen atoms in total. The maximum atomic E-state index is 12.9. The third kappa shape index (κ3) is 3.01. The summed E-state index contributed by atoms with van der Waals surface area (Å²) in [5, 5.41) is 9.22. The van der Waals surface area contributed by atoms with Crippen LogP contribution in [0.3, 0.4) is 0 Å². The Bertz CT molecular complexity index is 729. The summed E-state index contributed by atoms with van der Waals surface area (Å²) in [7, 11) is -3.78. The summed E-state index contributed by atoms with van der Waals surface area (Å²) in [6.45, 7) is 1.39. The van der Waals surface area contributed by atoms with Gasteiger partial charge in [0.1, 0.15) is 0 Å². The standard InChI is InChI=1S/C15H18N2O3S/c1-12-6-2-5-9-15(12)21(19,20)17(10-11-18)14-8-4-3-7-13(14)16/h2-9,18H,10-11,16H2,1H3.